The van der Waals surface area contributed by atoms with Crippen LogP contribution in [0, 0.1) is 0 Å². The molecule has 0 amide bonds. The smallest absolute Gasteiger partial charge is 0.336 e. The van der Waals surface area contributed by atoms with Crippen molar-refractivity contribution in [2.45, 2.75) is 31.2 Å². The molecule has 0 bridgehead atoms. The molecule has 116 valence electrons. The van der Waals surface area contributed by atoms with E-state index in [1.165, 1.54) is 22.5 Å². The molecule has 1 rings (SSSR count). The Balaban J connectivity index is 3.45. The van der Waals surface area contributed by atoms with E-state index < -0.39 is 21.5 Å². The van der Waals surface area contributed by atoms with E-state index in [0.29, 0.717) is 4.47 Å². The molecule has 0 fully saturated rings. The second-order valence-corrected chi connectivity index (χ2v) is 8.16. The zero-order valence-electron chi connectivity index (χ0n) is 12.1. The van der Waals surface area contributed by atoms with E-state index in [4.69, 9.17) is 5.11 Å². The molecular weight excluding hydrogens is 358 g/mol. The number of hydrogen-bond acceptors (Lipinski definition) is 3. The van der Waals surface area contributed by atoms with E-state index in [1.807, 2.05) is 0 Å². The van der Waals surface area contributed by atoms with Gasteiger partial charge in [0.2, 0.25) is 10.0 Å². The number of hydrogen-bond donors (Lipinski definition) is 1. The molecule has 0 aliphatic rings. The minimum atomic E-state index is -3.82. The van der Waals surface area contributed by atoms with Crippen LogP contribution in [0.5, 0.6) is 0 Å². The molecule has 7 heteroatoms. The average molecular weight is 376 g/mol. The highest BCUT2D eigenvalue weighted by Gasteiger charge is 2.33. The number of carbonyl (C=O) groups is 1. The summed E-state index contributed by atoms with van der Waals surface area (Å²) in [6.07, 6.45) is 1.50. The number of carboxylic acid groups (broad SMARTS) is 1. The summed E-state index contributed by atoms with van der Waals surface area (Å²) in [7, 11) is -3.82. The van der Waals surface area contributed by atoms with Gasteiger partial charge in [0.25, 0.3) is 0 Å². The standard InChI is InChI=1S/C14H18BrNO4S/c1-5-8-16(14(2,3)4)21(19,20)10-6-7-12(15)11(9-10)13(17)18/h5-7,9H,1,8H2,2-4H3,(H,17,18). The highest BCUT2D eigenvalue weighted by molar-refractivity contribution is 9.10. The molecule has 0 spiro atoms. The van der Waals surface area contributed by atoms with Gasteiger partial charge in [-0.15, -0.1) is 6.58 Å². The first-order valence-electron chi connectivity index (χ1n) is 6.18. The van der Waals surface area contributed by atoms with Crippen molar-refractivity contribution < 1.29 is 18.3 Å². The van der Waals surface area contributed by atoms with Crippen molar-refractivity contribution in [3.8, 4) is 0 Å². The predicted molar refractivity (Wildman–Crippen MR) is 84.9 cm³/mol. The topological polar surface area (TPSA) is 74.7 Å². The van der Waals surface area contributed by atoms with Crippen molar-refractivity contribution in [1.29, 1.82) is 0 Å². The average Bonchev–Trinajstić information content (AvgIpc) is 2.34. The molecule has 1 aromatic rings. The highest BCUT2D eigenvalue weighted by Crippen LogP contribution is 2.27. The number of benzene rings is 1. The van der Waals surface area contributed by atoms with Crippen molar-refractivity contribution >= 4 is 31.9 Å². The molecule has 0 aromatic heterocycles. The van der Waals surface area contributed by atoms with Crippen molar-refractivity contribution in [2.24, 2.45) is 0 Å². The predicted octanol–water partition coefficient (Wildman–Crippen LogP) is 3.12. The van der Waals surface area contributed by atoms with Crippen LogP contribution in [0.3, 0.4) is 0 Å². The summed E-state index contributed by atoms with van der Waals surface area (Å²) in [5.74, 6) is -1.19. The molecule has 0 radical (unpaired) electrons. The Morgan fingerprint density at radius 1 is 1.43 bits per heavy atom. The van der Waals surface area contributed by atoms with E-state index in [2.05, 4.69) is 22.5 Å². The summed E-state index contributed by atoms with van der Waals surface area (Å²) in [6.45, 7) is 9.02. The van der Waals surface area contributed by atoms with Gasteiger partial charge in [-0.3, -0.25) is 0 Å². The van der Waals surface area contributed by atoms with Crippen molar-refractivity contribution in [1.82, 2.24) is 4.31 Å². The van der Waals surface area contributed by atoms with Crippen LogP contribution in [0.25, 0.3) is 0 Å². The molecule has 0 aliphatic carbocycles. The maximum Gasteiger partial charge on any atom is 0.336 e. The van der Waals surface area contributed by atoms with Gasteiger partial charge in [-0.2, -0.15) is 4.31 Å². The second kappa shape index (κ2) is 6.29. The van der Waals surface area contributed by atoms with Crippen LogP contribution >= 0.6 is 15.9 Å². The number of sulfonamides is 1. The van der Waals surface area contributed by atoms with Gasteiger partial charge in [-0.1, -0.05) is 6.08 Å². The quantitative estimate of drug-likeness (QED) is 0.802. The summed E-state index contributed by atoms with van der Waals surface area (Å²) in [5.41, 5.74) is -0.743. The molecular formula is C14H18BrNO4S. The van der Waals surface area contributed by atoms with Crippen LogP contribution in [-0.4, -0.2) is 35.9 Å². The fraction of sp³-hybridized carbons (Fsp3) is 0.357. The molecule has 1 N–H and O–H groups in total. The molecule has 21 heavy (non-hydrogen) atoms. The molecule has 0 saturated carbocycles. The third-order valence-electron chi connectivity index (χ3n) is 2.80. The number of carboxylic acids is 1. The Labute approximate surface area is 133 Å². The Morgan fingerprint density at radius 3 is 2.43 bits per heavy atom. The summed E-state index contributed by atoms with van der Waals surface area (Å²) in [5, 5.41) is 9.10. The monoisotopic (exact) mass is 375 g/mol. The minimum absolute atomic E-state index is 0.0557. The van der Waals surface area contributed by atoms with Crippen LogP contribution in [-0.2, 0) is 10.0 Å². The van der Waals surface area contributed by atoms with Crippen LogP contribution in [0.2, 0.25) is 0 Å². The van der Waals surface area contributed by atoms with Gasteiger partial charge in [-0.05, 0) is 54.9 Å². The maximum atomic E-state index is 12.7. The lowest BCUT2D eigenvalue weighted by Gasteiger charge is -2.33. The summed E-state index contributed by atoms with van der Waals surface area (Å²) in [4.78, 5) is 11.1. The van der Waals surface area contributed by atoms with Crippen LogP contribution in [0.15, 0.2) is 40.2 Å². The Bertz CT molecular complexity index is 662. The Hall–Kier alpha value is -1.18. The first kappa shape index (κ1) is 17.9. The summed E-state index contributed by atoms with van der Waals surface area (Å²) >= 11 is 3.10. The Kier molecular flexibility index (Phi) is 5.35. The normalized spacial score (nSPS) is 12.4. The molecule has 0 atom stereocenters. The lowest BCUT2D eigenvalue weighted by Crippen LogP contribution is -2.45. The Morgan fingerprint density at radius 2 is 2.00 bits per heavy atom. The van der Waals surface area contributed by atoms with Gasteiger partial charge < -0.3 is 5.11 Å². The van der Waals surface area contributed by atoms with E-state index in [-0.39, 0.29) is 17.0 Å². The lowest BCUT2D eigenvalue weighted by atomic mass is 10.1. The molecule has 0 aliphatic heterocycles. The van der Waals surface area contributed by atoms with Gasteiger partial charge >= 0.3 is 5.97 Å². The van der Waals surface area contributed by atoms with Crippen molar-refractivity contribution in [3.05, 3.63) is 40.9 Å². The van der Waals surface area contributed by atoms with Crippen LogP contribution in [0.4, 0.5) is 0 Å². The molecule has 5 nitrogen and oxygen atoms in total. The number of aromatic carboxylic acids is 1. The lowest BCUT2D eigenvalue weighted by molar-refractivity contribution is 0.0695. The van der Waals surface area contributed by atoms with Gasteiger partial charge in [0, 0.05) is 16.6 Å². The van der Waals surface area contributed by atoms with Gasteiger partial charge in [-0.25, -0.2) is 13.2 Å². The van der Waals surface area contributed by atoms with E-state index in [9.17, 15) is 13.2 Å². The first-order valence-corrected chi connectivity index (χ1v) is 8.41. The molecule has 0 heterocycles. The van der Waals surface area contributed by atoms with E-state index in [0.717, 1.165) is 6.07 Å². The number of halogens is 1. The van der Waals surface area contributed by atoms with Crippen molar-refractivity contribution in [2.75, 3.05) is 6.54 Å². The van der Waals surface area contributed by atoms with Crippen LogP contribution < -0.4 is 0 Å². The largest absolute Gasteiger partial charge is 0.478 e. The maximum absolute atomic E-state index is 12.7. The third-order valence-corrected chi connectivity index (χ3v) is 5.62. The van der Waals surface area contributed by atoms with Gasteiger partial charge in [0.05, 0.1) is 10.5 Å². The van der Waals surface area contributed by atoms with Gasteiger partial charge in [0.15, 0.2) is 0 Å². The first-order chi connectivity index (χ1) is 9.51. The highest BCUT2D eigenvalue weighted by atomic mass is 79.9. The fourth-order valence-electron chi connectivity index (χ4n) is 1.81. The van der Waals surface area contributed by atoms with Gasteiger partial charge in [0.1, 0.15) is 0 Å². The van der Waals surface area contributed by atoms with E-state index >= 15 is 0 Å². The number of nitrogens with zero attached hydrogens (tertiary/aromatic N) is 1. The molecule has 0 unspecified atom stereocenters. The zero-order valence-corrected chi connectivity index (χ0v) is 14.5. The minimum Gasteiger partial charge on any atom is -0.478 e. The third kappa shape index (κ3) is 3.93. The number of rotatable bonds is 5. The van der Waals surface area contributed by atoms with E-state index in [1.54, 1.807) is 20.8 Å². The fourth-order valence-corrected chi connectivity index (χ4v) is 4.01. The van der Waals surface area contributed by atoms with Crippen LogP contribution in [0.1, 0.15) is 31.1 Å². The SMILES string of the molecule is C=CCN(C(C)(C)C)S(=O)(=O)c1ccc(Br)c(C(=O)O)c1. The molecule has 1 aromatic carbocycles. The second-order valence-electron chi connectivity index (χ2n) is 5.44. The summed E-state index contributed by atoms with van der Waals surface area (Å²) in [6, 6.07) is 3.96. The van der Waals surface area contributed by atoms with Crippen molar-refractivity contribution in [3.63, 3.8) is 0 Å². The summed E-state index contributed by atoms with van der Waals surface area (Å²) < 4.78 is 27.1. The zero-order chi connectivity index (χ0) is 16.4. The molecule has 0 saturated heterocycles.